The number of pyridine rings is 1. The van der Waals surface area contributed by atoms with Crippen LogP contribution in [0, 0.1) is 0 Å². The molecule has 0 fully saturated rings. The lowest BCUT2D eigenvalue weighted by Crippen LogP contribution is -2.17. The Balaban J connectivity index is 2.01. The minimum Gasteiger partial charge on any atom is -0.338 e. The Morgan fingerprint density at radius 3 is 2.95 bits per heavy atom. The molecule has 0 bridgehead atoms. The van der Waals surface area contributed by atoms with Crippen LogP contribution in [-0.2, 0) is 6.42 Å². The van der Waals surface area contributed by atoms with Crippen LogP contribution in [0.3, 0.4) is 0 Å². The van der Waals surface area contributed by atoms with E-state index < -0.39 is 0 Å². The van der Waals surface area contributed by atoms with Crippen LogP contribution in [0.1, 0.15) is 12.5 Å². The number of nitrogens with zero attached hydrogens (tertiary/aromatic N) is 2. The molecule has 3 N–H and O–H groups in total. The molecular weight excluding hydrogens is 236 g/mol. The number of aromatic amines is 1. The van der Waals surface area contributed by atoms with Crippen LogP contribution in [0.25, 0.3) is 22.4 Å². The van der Waals surface area contributed by atoms with Gasteiger partial charge in [0.15, 0.2) is 0 Å². The summed E-state index contributed by atoms with van der Waals surface area (Å²) in [6.07, 6.45) is 4.44. The molecule has 0 aliphatic heterocycles. The number of nitrogens with one attached hydrogen (secondary N) is 1. The largest absolute Gasteiger partial charge is 0.338 e. The smallest absolute Gasteiger partial charge is 0.140 e. The number of fused-ring (bicyclic) bond motifs is 1. The first-order valence-electron chi connectivity index (χ1n) is 6.37. The molecule has 2 aromatic heterocycles. The molecule has 2 heterocycles. The minimum absolute atomic E-state index is 0.165. The van der Waals surface area contributed by atoms with Crippen molar-refractivity contribution in [3.05, 3.63) is 48.3 Å². The summed E-state index contributed by atoms with van der Waals surface area (Å²) in [5.74, 6) is 0.848. The quantitative estimate of drug-likeness (QED) is 0.752. The number of H-pyrrole nitrogens is 1. The Morgan fingerprint density at radius 2 is 2.21 bits per heavy atom. The van der Waals surface area contributed by atoms with Gasteiger partial charge in [-0.05, 0) is 43.2 Å². The van der Waals surface area contributed by atoms with Crippen LogP contribution in [0.15, 0.2) is 42.7 Å². The van der Waals surface area contributed by atoms with Crippen LogP contribution < -0.4 is 5.73 Å². The van der Waals surface area contributed by atoms with Crippen LogP contribution >= 0.6 is 0 Å². The molecule has 0 aliphatic carbocycles. The topological polar surface area (TPSA) is 67.6 Å². The second kappa shape index (κ2) is 4.82. The first kappa shape index (κ1) is 11.9. The van der Waals surface area contributed by atoms with Gasteiger partial charge in [0.25, 0.3) is 0 Å². The fraction of sp³-hybridized carbons (Fsp3) is 0.200. The zero-order valence-electron chi connectivity index (χ0n) is 10.8. The lowest BCUT2D eigenvalue weighted by molar-refractivity contribution is 0.739. The number of rotatable bonds is 3. The second-order valence-electron chi connectivity index (χ2n) is 4.86. The number of hydrogen-bond donors (Lipinski definition) is 2. The van der Waals surface area contributed by atoms with Gasteiger partial charge < -0.3 is 10.7 Å². The van der Waals surface area contributed by atoms with Crippen molar-refractivity contribution in [2.75, 3.05) is 0 Å². The summed E-state index contributed by atoms with van der Waals surface area (Å²) in [6, 6.07) is 10.3. The van der Waals surface area contributed by atoms with Crippen LogP contribution in [0.2, 0.25) is 0 Å². The van der Waals surface area contributed by atoms with E-state index in [1.165, 1.54) is 5.56 Å². The van der Waals surface area contributed by atoms with Crippen molar-refractivity contribution in [2.24, 2.45) is 5.73 Å². The highest BCUT2D eigenvalue weighted by Gasteiger charge is 2.06. The van der Waals surface area contributed by atoms with Crippen molar-refractivity contribution in [3.63, 3.8) is 0 Å². The van der Waals surface area contributed by atoms with Crippen molar-refractivity contribution in [1.82, 2.24) is 15.0 Å². The van der Waals surface area contributed by atoms with Gasteiger partial charge in [0.05, 0.1) is 11.0 Å². The van der Waals surface area contributed by atoms with Gasteiger partial charge in [0.2, 0.25) is 0 Å². The van der Waals surface area contributed by atoms with Crippen molar-refractivity contribution in [1.29, 1.82) is 0 Å². The Bertz CT molecular complexity index is 686. The molecule has 3 aromatic rings. The van der Waals surface area contributed by atoms with Crippen molar-refractivity contribution < 1.29 is 0 Å². The lowest BCUT2D eigenvalue weighted by Gasteiger charge is -2.04. The van der Waals surface area contributed by atoms with E-state index in [1.54, 1.807) is 12.4 Å². The summed E-state index contributed by atoms with van der Waals surface area (Å²) in [5, 5.41) is 0. The van der Waals surface area contributed by atoms with Crippen molar-refractivity contribution in [3.8, 4) is 11.4 Å². The van der Waals surface area contributed by atoms with Gasteiger partial charge in [-0.3, -0.25) is 4.98 Å². The molecule has 1 unspecified atom stereocenters. The molecule has 0 aliphatic rings. The highest BCUT2D eigenvalue weighted by atomic mass is 14.9. The minimum atomic E-state index is 0.165. The molecule has 96 valence electrons. The highest BCUT2D eigenvalue weighted by molar-refractivity contribution is 5.79. The number of benzene rings is 1. The molecular formula is C15H16N4. The fourth-order valence-corrected chi connectivity index (χ4v) is 2.20. The SMILES string of the molecule is CC(N)Cc1ccc2nc(-c3cccnc3)[nH]c2c1. The average Bonchev–Trinajstić information content (AvgIpc) is 2.82. The summed E-state index contributed by atoms with van der Waals surface area (Å²) >= 11 is 0. The highest BCUT2D eigenvalue weighted by Crippen LogP contribution is 2.20. The zero-order valence-corrected chi connectivity index (χ0v) is 10.8. The van der Waals surface area contributed by atoms with Gasteiger partial charge >= 0.3 is 0 Å². The van der Waals surface area contributed by atoms with E-state index in [0.717, 1.165) is 28.8 Å². The zero-order chi connectivity index (χ0) is 13.2. The van der Waals surface area contributed by atoms with E-state index in [-0.39, 0.29) is 6.04 Å². The van der Waals surface area contributed by atoms with E-state index in [2.05, 4.69) is 27.1 Å². The average molecular weight is 252 g/mol. The summed E-state index contributed by atoms with van der Waals surface area (Å²) < 4.78 is 0. The predicted octanol–water partition coefficient (Wildman–Crippen LogP) is 2.51. The maximum Gasteiger partial charge on any atom is 0.140 e. The van der Waals surface area contributed by atoms with E-state index >= 15 is 0 Å². The first-order valence-corrected chi connectivity index (χ1v) is 6.37. The monoisotopic (exact) mass is 252 g/mol. The van der Waals surface area contributed by atoms with Gasteiger partial charge in [-0.1, -0.05) is 6.07 Å². The van der Waals surface area contributed by atoms with Gasteiger partial charge in [0.1, 0.15) is 5.82 Å². The second-order valence-corrected chi connectivity index (χ2v) is 4.86. The Kier molecular flexibility index (Phi) is 3.01. The Labute approximate surface area is 111 Å². The molecule has 4 heteroatoms. The third-order valence-corrected chi connectivity index (χ3v) is 3.04. The normalized spacial score (nSPS) is 12.7. The van der Waals surface area contributed by atoms with Gasteiger partial charge in [-0.15, -0.1) is 0 Å². The van der Waals surface area contributed by atoms with Gasteiger partial charge in [-0.25, -0.2) is 4.98 Å². The van der Waals surface area contributed by atoms with Gasteiger partial charge in [0, 0.05) is 24.0 Å². The number of nitrogens with two attached hydrogens (primary N) is 1. The van der Waals surface area contributed by atoms with E-state index in [9.17, 15) is 0 Å². The number of hydrogen-bond acceptors (Lipinski definition) is 3. The number of aromatic nitrogens is 3. The standard InChI is InChI=1S/C15H16N4/c1-10(16)7-11-4-5-13-14(8-11)19-15(18-13)12-3-2-6-17-9-12/h2-6,8-10H,7,16H2,1H3,(H,18,19). The molecule has 0 amide bonds. The molecule has 0 radical (unpaired) electrons. The first-order chi connectivity index (χ1) is 9.22. The molecule has 3 rings (SSSR count). The van der Waals surface area contributed by atoms with Crippen LogP contribution in [0.4, 0.5) is 0 Å². The van der Waals surface area contributed by atoms with E-state index in [0.29, 0.717) is 0 Å². The Morgan fingerprint density at radius 1 is 1.32 bits per heavy atom. The fourth-order valence-electron chi connectivity index (χ4n) is 2.20. The third kappa shape index (κ3) is 2.48. The molecule has 19 heavy (non-hydrogen) atoms. The van der Waals surface area contributed by atoms with E-state index in [4.69, 9.17) is 5.73 Å². The predicted molar refractivity (Wildman–Crippen MR) is 76.7 cm³/mol. The van der Waals surface area contributed by atoms with E-state index in [1.807, 2.05) is 25.1 Å². The molecule has 0 spiro atoms. The van der Waals surface area contributed by atoms with Crippen LogP contribution in [0.5, 0.6) is 0 Å². The van der Waals surface area contributed by atoms with Crippen LogP contribution in [-0.4, -0.2) is 21.0 Å². The Hall–Kier alpha value is -2.20. The van der Waals surface area contributed by atoms with Crippen molar-refractivity contribution in [2.45, 2.75) is 19.4 Å². The maximum atomic E-state index is 5.83. The summed E-state index contributed by atoms with van der Waals surface area (Å²) in [4.78, 5) is 12.0. The molecule has 0 saturated carbocycles. The number of imidazole rings is 1. The summed E-state index contributed by atoms with van der Waals surface area (Å²) in [6.45, 7) is 2.01. The lowest BCUT2D eigenvalue weighted by atomic mass is 10.1. The van der Waals surface area contributed by atoms with Gasteiger partial charge in [-0.2, -0.15) is 0 Å². The molecule has 4 nitrogen and oxygen atoms in total. The van der Waals surface area contributed by atoms with Crippen molar-refractivity contribution >= 4 is 11.0 Å². The molecule has 1 atom stereocenters. The maximum absolute atomic E-state index is 5.83. The molecule has 1 aromatic carbocycles. The molecule has 0 saturated heterocycles. The third-order valence-electron chi connectivity index (χ3n) is 3.04. The summed E-state index contributed by atoms with van der Waals surface area (Å²) in [5.41, 5.74) is 10.1. The summed E-state index contributed by atoms with van der Waals surface area (Å²) in [7, 11) is 0.